The first-order valence-electron chi connectivity index (χ1n) is 8.77. The Kier molecular flexibility index (Phi) is 6.92. The maximum Gasteiger partial charge on any atom is 0.224 e. The molecule has 0 aliphatic carbocycles. The third-order valence-electron chi connectivity index (χ3n) is 3.96. The molecule has 0 saturated heterocycles. The van der Waals surface area contributed by atoms with E-state index in [0.29, 0.717) is 23.7 Å². The zero-order chi connectivity index (χ0) is 19.2. The average Bonchev–Trinajstić information content (AvgIpc) is 2.57. The number of unbranched alkanes of at least 4 members (excludes halogenated alkanes) is 1. The molecule has 4 nitrogen and oxygen atoms in total. The van der Waals surface area contributed by atoms with E-state index < -0.39 is 0 Å². The molecule has 2 rings (SSSR count). The molecule has 2 N–H and O–H groups in total. The average molecular weight is 376 g/mol. The van der Waals surface area contributed by atoms with Crippen molar-refractivity contribution in [1.82, 2.24) is 0 Å². The van der Waals surface area contributed by atoms with Gasteiger partial charge in [-0.3, -0.25) is 4.79 Å². The number of amides is 1. The monoisotopic (exact) mass is 375 g/mol. The Balaban J connectivity index is 1.75. The van der Waals surface area contributed by atoms with Crippen LogP contribution in [-0.4, -0.2) is 17.6 Å². The maximum absolute atomic E-state index is 11.9. The van der Waals surface area contributed by atoms with Gasteiger partial charge in [-0.05, 0) is 60.7 Å². The van der Waals surface area contributed by atoms with Crippen molar-refractivity contribution in [2.75, 3.05) is 11.9 Å². The Morgan fingerprint density at radius 2 is 1.81 bits per heavy atom. The fourth-order valence-electron chi connectivity index (χ4n) is 2.55. The number of aromatic hydroxyl groups is 1. The number of phenolic OH excluding ortho intramolecular Hbond substituents is 1. The van der Waals surface area contributed by atoms with Crippen molar-refractivity contribution in [2.45, 2.75) is 45.4 Å². The summed E-state index contributed by atoms with van der Waals surface area (Å²) >= 11 is 6.10. The van der Waals surface area contributed by atoms with Gasteiger partial charge in [0, 0.05) is 22.7 Å². The number of ether oxygens (including phenoxy) is 1. The minimum atomic E-state index is -0.0514. The molecule has 0 bridgehead atoms. The summed E-state index contributed by atoms with van der Waals surface area (Å²) in [5.74, 6) is 0.977. The molecule has 1 amide bonds. The smallest absolute Gasteiger partial charge is 0.224 e. The minimum Gasteiger partial charge on any atom is -0.508 e. The number of rotatable bonds is 7. The van der Waals surface area contributed by atoms with Crippen LogP contribution in [0.4, 0.5) is 5.69 Å². The van der Waals surface area contributed by atoms with Crippen molar-refractivity contribution in [3.63, 3.8) is 0 Å². The first-order valence-corrected chi connectivity index (χ1v) is 9.15. The summed E-state index contributed by atoms with van der Waals surface area (Å²) in [6, 6.07) is 12.1. The molecule has 0 radical (unpaired) electrons. The quantitative estimate of drug-likeness (QED) is 0.494. The Hall–Kier alpha value is -2.20. The highest BCUT2D eigenvalue weighted by Gasteiger charge is 2.19. The summed E-state index contributed by atoms with van der Waals surface area (Å²) in [5, 5.41) is 12.7. The molecule has 0 aliphatic rings. The van der Waals surface area contributed by atoms with Crippen molar-refractivity contribution in [3.8, 4) is 11.5 Å². The van der Waals surface area contributed by atoms with Crippen LogP contribution in [0, 0.1) is 0 Å². The van der Waals surface area contributed by atoms with Gasteiger partial charge < -0.3 is 15.2 Å². The number of halogens is 1. The van der Waals surface area contributed by atoms with Gasteiger partial charge in [0.1, 0.15) is 11.5 Å². The first-order chi connectivity index (χ1) is 12.3. The summed E-state index contributed by atoms with van der Waals surface area (Å²) in [4.78, 5) is 11.9. The van der Waals surface area contributed by atoms with Crippen LogP contribution in [0.3, 0.4) is 0 Å². The number of anilines is 1. The van der Waals surface area contributed by atoms with Crippen LogP contribution in [-0.2, 0) is 10.2 Å². The van der Waals surface area contributed by atoms with Crippen molar-refractivity contribution < 1.29 is 14.6 Å². The highest BCUT2D eigenvalue weighted by Crippen LogP contribution is 2.33. The summed E-state index contributed by atoms with van der Waals surface area (Å²) in [6.07, 6.45) is 1.95. The molecule has 26 heavy (non-hydrogen) atoms. The van der Waals surface area contributed by atoms with Gasteiger partial charge in [0.2, 0.25) is 5.91 Å². The zero-order valence-electron chi connectivity index (χ0n) is 15.5. The van der Waals surface area contributed by atoms with Gasteiger partial charge in [-0.25, -0.2) is 0 Å². The van der Waals surface area contributed by atoms with Crippen LogP contribution in [0.2, 0.25) is 5.02 Å². The number of phenols is 1. The third-order valence-corrected chi connectivity index (χ3v) is 4.19. The van der Waals surface area contributed by atoms with Crippen LogP contribution >= 0.6 is 11.6 Å². The molecule has 0 aliphatic heterocycles. The highest BCUT2D eigenvalue weighted by molar-refractivity contribution is 6.30. The second-order valence-electron chi connectivity index (χ2n) is 7.29. The zero-order valence-corrected chi connectivity index (χ0v) is 16.3. The van der Waals surface area contributed by atoms with Crippen molar-refractivity contribution in [1.29, 1.82) is 0 Å². The van der Waals surface area contributed by atoms with E-state index in [2.05, 4.69) is 26.1 Å². The van der Waals surface area contributed by atoms with E-state index in [9.17, 15) is 9.90 Å². The number of hydrogen-bond acceptors (Lipinski definition) is 3. The van der Waals surface area contributed by atoms with Crippen LogP contribution in [0.15, 0.2) is 42.5 Å². The number of carbonyl (C=O) groups excluding carboxylic acids is 1. The lowest BCUT2D eigenvalue weighted by molar-refractivity contribution is -0.116. The molecule has 0 saturated carbocycles. The van der Waals surface area contributed by atoms with Crippen molar-refractivity contribution in [2.24, 2.45) is 0 Å². The Bertz CT molecular complexity index is 736. The van der Waals surface area contributed by atoms with Gasteiger partial charge in [0.05, 0.1) is 6.61 Å². The highest BCUT2D eigenvalue weighted by atomic mass is 35.5. The van der Waals surface area contributed by atoms with E-state index in [-0.39, 0.29) is 17.1 Å². The second kappa shape index (κ2) is 8.95. The van der Waals surface area contributed by atoms with Crippen LogP contribution in [0.5, 0.6) is 11.5 Å². The molecule has 0 unspecified atom stereocenters. The van der Waals surface area contributed by atoms with E-state index in [1.807, 2.05) is 18.2 Å². The molecule has 5 heteroatoms. The number of benzene rings is 2. The molecule has 0 aromatic heterocycles. The number of hydrogen-bond donors (Lipinski definition) is 2. The standard InChI is InChI=1S/C21H26ClNO3/c1-21(2,3)18-14-15(22)7-12-19(18)26-13-5-4-6-20(25)23-16-8-10-17(24)11-9-16/h7-12,14,24H,4-6,13H2,1-3H3,(H,23,25). The fraction of sp³-hybridized carbons (Fsp3) is 0.381. The Labute approximate surface area is 160 Å². The number of nitrogens with one attached hydrogen (secondary N) is 1. The van der Waals surface area contributed by atoms with Crippen LogP contribution < -0.4 is 10.1 Å². The summed E-state index contributed by atoms with van der Waals surface area (Å²) in [6.45, 7) is 6.93. The van der Waals surface area contributed by atoms with Crippen LogP contribution in [0.1, 0.15) is 45.6 Å². The maximum atomic E-state index is 11.9. The first kappa shape index (κ1) is 20.1. The largest absolute Gasteiger partial charge is 0.508 e. The second-order valence-corrected chi connectivity index (χ2v) is 7.73. The van der Waals surface area contributed by atoms with Gasteiger partial charge in [-0.1, -0.05) is 32.4 Å². The lowest BCUT2D eigenvalue weighted by Gasteiger charge is -2.23. The molecule has 2 aromatic rings. The minimum absolute atomic E-state index is 0.0439. The predicted molar refractivity (Wildman–Crippen MR) is 106 cm³/mol. The lowest BCUT2D eigenvalue weighted by Crippen LogP contribution is -2.14. The summed E-state index contributed by atoms with van der Waals surface area (Å²) in [7, 11) is 0. The predicted octanol–water partition coefficient (Wildman–Crippen LogP) is 5.53. The van der Waals surface area contributed by atoms with E-state index in [1.54, 1.807) is 24.3 Å². The van der Waals surface area contributed by atoms with Gasteiger partial charge >= 0.3 is 0 Å². The molecule has 0 spiro atoms. The molecule has 2 aromatic carbocycles. The molecular weight excluding hydrogens is 350 g/mol. The van der Waals surface area contributed by atoms with Crippen molar-refractivity contribution >= 4 is 23.2 Å². The Morgan fingerprint density at radius 1 is 1.12 bits per heavy atom. The number of carbonyl (C=O) groups is 1. The molecule has 140 valence electrons. The van der Waals surface area contributed by atoms with E-state index in [4.69, 9.17) is 16.3 Å². The topological polar surface area (TPSA) is 58.6 Å². The lowest BCUT2D eigenvalue weighted by atomic mass is 9.86. The Morgan fingerprint density at radius 3 is 2.46 bits per heavy atom. The normalized spacial score (nSPS) is 11.2. The fourth-order valence-corrected chi connectivity index (χ4v) is 2.72. The SMILES string of the molecule is CC(C)(C)c1cc(Cl)ccc1OCCCCC(=O)Nc1ccc(O)cc1. The van der Waals surface area contributed by atoms with Crippen LogP contribution in [0.25, 0.3) is 0 Å². The van der Waals surface area contributed by atoms with E-state index in [0.717, 1.165) is 24.2 Å². The third kappa shape index (κ3) is 6.26. The van der Waals surface area contributed by atoms with E-state index in [1.165, 1.54) is 0 Å². The molecular formula is C21H26ClNO3. The van der Waals surface area contributed by atoms with E-state index >= 15 is 0 Å². The molecule has 0 fully saturated rings. The van der Waals surface area contributed by atoms with Gasteiger partial charge in [-0.15, -0.1) is 0 Å². The summed E-state index contributed by atoms with van der Waals surface area (Å²) in [5.41, 5.74) is 1.71. The summed E-state index contributed by atoms with van der Waals surface area (Å²) < 4.78 is 5.91. The molecule has 0 atom stereocenters. The molecule has 0 heterocycles. The van der Waals surface area contributed by atoms with Gasteiger partial charge in [-0.2, -0.15) is 0 Å². The van der Waals surface area contributed by atoms with Gasteiger partial charge in [0.25, 0.3) is 0 Å². The van der Waals surface area contributed by atoms with Crippen molar-refractivity contribution in [3.05, 3.63) is 53.1 Å². The van der Waals surface area contributed by atoms with Gasteiger partial charge in [0.15, 0.2) is 0 Å².